The predicted octanol–water partition coefficient (Wildman–Crippen LogP) is 3.91. The monoisotopic (exact) mass is 465 g/mol. The minimum absolute atomic E-state index is 0.00528. The first-order chi connectivity index (χ1) is 15.2. The quantitative estimate of drug-likeness (QED) is 0.447. The minimum Gasteiger partial charge on any atom is -0.483 e. The molecule has 3 aromatic rings. The lowest BCUT2D eigenvalue weighted by molar-refractivity contribution is -0.137. The summed E-state index contributed by atoms with van der Waals surface area (Å²) >= 11 is 5.66. The van der Waals surface area contributed by atoms with Crippen LogP contribution in [0.3, 0.4) is 0 Å². The molecule has 0 unspecified atom stereocenters. The highest BCUT2D eigenvalue weighted by atomic mass is 35.5. The van der Waals surface area contributed by atoms with E-state index in [0.29, 0.717) is 17.0 Å². The molecule has 0 spiro atoms. The fourth-order valence-electron chi connectivity index (χ4n) is 2.62. The van der Waals surface area contributed by atoms with Gasteiger partial charge < -0.3 is 20.7 Å². The van der Waals surface area contributed by atoms with E-state index in [0.717, 1.165) is 6.07 Å². The largest absolute Gasteiger partial charge is 0.483 e. The second-order valence-corrected chi connectivity index (χ2v) is 6.80. The number of carbonyl (C=O) groups is 2. The molecule has 168 valence electrons. The molecule has 0 saturated heterocycles. The van der Waals surface area contributed by atoms with E-state index in [1.165, 1.54) is 18.3 Å². The topological polar surface area (TPSA) is 136 Å². The molecule has 2 heterocycles. The molecule has 0 radical (unpaired) electrons. The van der Waals surface area contributed by atoms with Gasteiger partial charge in [0.25, 0.3) is 12.4 Å². The van der Waals surface area contributed by atoms with Crippen LogP contribution in [0.2, 0.25) is 5.02 Å². The smallest absolute Gasteiger partial charge is 0.304 e. The van der Waals surface area contributed by atoms with Gasteiger partial charge in [0.05, 0.1) is 22.8 Å². The molecule has 0 aliphatic heterocycles. The van der Waals surface area contributed by atoms with Crippen molar-refractivity contribution in [2.45, 2.75) is 18.9 Å². The van der Waals surface area contributed by atoms with Crippen molar-refractivity contribution < 1.29 is 33.3 Å². The number of nitrogens with zero attached hydrogens (tertiary/aromatic N) is 2. The van der Waals surface area contributed by atoms with Crippen LogP contribution in [0, 0.1) is 11.6 Å². The van der Waals surface area contributed by atoms with Crippen molar-refractivity contribution in [1.82, 2.24) is 9.97 Å². The Labute approximate surface area is 186 Å². The lowest BCUT2D eigenvalue weighted by atomic mass is 10.1. The van der Waals surface area contributed by atoms with E-state index in [1.807, 2.05) is 0 Å². The molecule has 1 aromatic carbocycles. The zero-order valence-corrected chi connectivity index (χ0v) is 17.2. The van der Waals surface area contributed by atoms with Gasteiger partial charge in [-0.3, -0.25) is 9.59 Å². The zero-order valence-electron chi connectivity index (χ0n) is 16.4. The highest BCUT2D eigenvalue weighted by Crippen LogP contribution is 2.27. The SMILES string of the molecule is N[C@H](CC(=O)O)Cc1nc(-c2ccc(Oc3ncc(Cl)cc3F)cc2)ccc1F.O=CO. The molecule has 3 rings (SSSR count). The molecule has 2 aromatic heterocycles. The molecule has 0 fully saturated rings. The van der Waals surface area contributed by atoms with Crippen molar-refractivity contribution in [2.24, 2.45) is 5.73 Å². The van der Waals surface area contributed by atoms with E-state index in [2.05, 4.69) is 9.97 Å². The Morgan fingerprint density at radius 3 is 2.44 bits per heavy atom. The molecule has 32 heavy (non-hydrogen) atoms. The van der Waals surface area contributed by atoms with Gasteiger partial charge in [0, 0.05) is 24.2 Å². The highest BCUT2D eigenvalue weighted by Gasteiger charge is 2.14. The van der Waals surface area contributed by atoms with Crippen LogP contribution in [-0.4, -0.2) is 38.7 Å². The van der Waals surface area contributed by atoms with Crippen molar-refractivity contribution in [3.05, 3.63) is 71.0 Å². The van der Waals surface area contributed by atoms with Crippen molar-refractivity contribution in [3.8, 4) is 22.9 Å². The number of aromatic nitrogens is 2. The van der Waals surface area contributed by atoms with Crippen LogP contribution in [0.15, 0.2) is 48.7 Å². The zero-order chi connectivity index (χ0) is 23.7. The molecule has 11 heteroatoms. The fourth-order valence-corrected chi connectivity index (χ4v) is 2.76. The molecule has 0 bridgehead atoms. The first-order valence-corrected chi connectivity index (χ1v) is 9.41. The molecule has 4 N–H and O–H groups in total. The molecule has 0 amide bonds. The molecule has 0 aliphatic rings. The van der Waals surface area contributed by atoms with Gasteiger partial charge in [0.15, 0.2) is 5.82 Å². The number of carboxylic acids is 1. The van der Waals surface area contributed by atoms with Crippen LogP contribution in [0.4, 0.5) is 8.78 Å². The van der Waals surface area contributed by atoms with E-state index >= 15 is 0 Å². The number of pyridine rings is 2. The standard InChI is InChI=1S/C20H16ClF2N3O3.CH2O2/c21-12-7-16(23)20(25-10-12)29-14-3-1-11(2-4-14)17-6-5-15(22)18(26-17)8-13(24)9-19(27)28;2-1-3/h1-7,10,13H,8-9,24H2,(H,27,28);1H,(H,2,3)/t13-;/m0./s1. The number of benzene rings is 1. The molecule has 0 aliphatic carbocycles. The maximum absolute atomic E-state index is 14.0. The number of halogens is 3. The van der Waals surface area contributed by atoms with Crippen LogP contribution in [0.1, 0.15) is 12.1 Å². The summed E-state index contributed by atoms with van der Waals surface area (Å²) in [5.74, 6) is -2.18. The number of rotatable bonds is 7. The molecule has 0 saturated carbocycles. The first kappa shape index (κ1) is 24.6. The molecule has 8 nitrogen and oxygen atoms in total. The number of carboxylic acid groups (broad SMARTS) is 2. The summed E-state index contributed by atoms with van der Waals surface area (Å²) in [4.78, 5) is 27.1. The van der Waals surface area contributed by atoms with Gasteiger partial charge in [0.2, 0.25) is 0 Å². The summed E-state index contributed by atoms with van der Waals surface area (Å²) in [5.41, 5.74) is 6.96. The number of aliphatic carboxylic acids is 1. The summed E-state index contributed by atoms with van der Waals surface area (Å²) in [6, 6.07) is 9.62. The van der Waals surface area contributed by atoms with E-state index < -0.39 is 23.6 Å². The van der Waals surface area contributed by atoms with Gasteiger partial charge in [-0.15, -0.1) is 0 Å². The van der Waals surface area contributed by atoms with E-state index in [-0.39, 0.29) is 35.9 Å². The molecular weight excluding hydrogens is 448 g/mol. The predicted molar refractivity (Wildman–Crippen MR) is 112 cm³/mol. The average molecular weight is 466 g/mol. The Hall–Kier alpha value is -3.63. The number of ether oxygens (including phenoxy) is 1. The number of hydrogen-bond donors (Lipinski definition) is 3. The normalized spacial score (nSPS) is 11.1. The Balaban J connectivity index is 0.00000114. The van der Waals surface area contributed by atoms with Gasteiger partial charge in [-0.25, -0.2) is 18.7 Å². The summed E-state index contributed by atoms with van der Waals surface area (Å²) in [6.45, 7) is -0.250. The lowest BCUT2D eigenvalue weighted by Crippen LogP contribution is -2.27. The second-order valence-electron chi connectivity index (χ2n) is 6.36. The molecule has 1 atom stereocenters. The van der Waals surface area contributed by atoms with Crippen molar-refractivity contribution in [3.63, 3.8) is 0 Å². The van der Waals surface area contributed by atoms with Crippen LogP contribution in [-0.2, 0) is 16.0 Å². The first-order valence-electron chi connectivity index (χ1n) is 9.03. The van der Waals surface area contributed by atoms with E-state index in [4.69, 9.17) is 37.1 Å². The van der Waals surface area contributed by atoms with E-state index in [9.17, 15) is 13.6 Å². The van der Waals surface area contributed by atoms with Crippen LogP contribution >= 0.6 is 11.6 Å². The summed E-state index contributed by atoms with van der Waals surface area (Å²) in [6.07, 6.45) is 0.981. The van der Waals surface area contributed by atoms with Gasteiger partial charge in [0.1, 0.15) is 11.6 Å². The maximum Gasteiger partial charge on any atom is 0.304 e. The fraction of sp³-hybridized carbons (Fsp3) is 0.143. The third kappa shape index (κ3) is 7.25. The third-order valence-electron chi connectivity index (χ3n) is 3.95. The third-order valence-corrected chi connectivity index (χ3v) is 4.16. The van der Waals surface area contributed by atoms with Gasteiger partial charge in [-0.05, 0) is 42.5 Å². The number of hydrogen-bond acceptors (Lipinski definition) is 6. The summed E-state index contributed by atoms with van der Waals surface area (Å²) < 4.78 is 33.2. The van der Waals surface area contributed by atoms with Gasteiger partial charge in [-0.1, -0.05) is 11.6 Å². The number of nitrogens with two attached hydrogens (primary N) is 1. The highest BCUT2D eigenvalue weighted by molar-refractivity contribution is 6.30. The van der Waals surface area contributed by atoms with Crippen LogP contribution in [0.25, 0.3) is 11.3 Å². The van der Waals surface area contributed by atoms with Crippen molar-refractivity contribution >= 4 is 24.0 Å². The van der Waals surface area contributed by atoms with Crippen molar-refractivity contribution in [1.29, 1.82) is 0 Å². The Bertz CT molecular complexity index is 1080. The Morgan fingerprint density at radius 2 is 1.84 bits per heavy atom. The Kier molecular flexibility index (Phi) is 8.99. The summed E-state index contributed by atoms with van der Waals surface area (Å²) in [7, 11) is 0. The van der Waals surface area contributed by atoms with Gasteiger partial charge in [-0.2, -0.15) is 0 Å². The van der Waals surface area contributed by atoms with Gasteiger partial charge >= 0.3 is 5.97 Å². The molecular formula is C21H18ClF2N3O5. The maximum atomic E-state index is 14.0. The van der Waals surface area contributed by atoms with Crippen molar-refractivity contribution in [2.75, 3.05) is 0 Å². The van der Waals surface area contributed by atoms with E-state index in [1.54, 1.807) is 24.3 Å². The average Bonchev–Trinajstić information content (AvgIpc) is 2.72. The lowest BCUT2D eigenvalue weighted by Gasteiger charge is -2.11. The Morgan fingerprint density at radius 1 is 1.19 bits per heavy atom. The van der Waals surface area contributed by atoms with Crippen LogP contribution in [0.5, 0.6) is 11.6 Å². The minimum atomic E-state index is -1.06. The summed E-state index contributed by atoms with van der Waals surface area (Å²) in [5, 5.41) is 15.8. The van der Waals surface area contributed by atoms with Crippen LogP contribution < -0.4 is 10.5 Å². The second kappa shape index (κ2) is 11.7.